The predicted octanol–water partition coefficient (Wildman–Crippen LogP) is 1.11. The summed E-state index contributed by atoms with van der Waals surface area (Å²) in [7, 11) is 7.70. The topological polar surface area (TPSA) is 106 Å². The molecule has 1 aliphatic heterocycles. The van der Waals surface area contributed by atoms with E-state index in [9.17, 15) is 0 Å². The molecule has 2 heterocycles. The van der Waals surface area contributed by atoms with Crippen LogP contribution in [0.1, 0.15) is 18.7 Å². The second kappa shape index (κ2) is 10.0. The quantitative estimate of drug-likeness (QED) is 0.630. The van der Waals surface area contributed by atoms with Crippen molar-refractivity contribution in [1.82, 2.24) is 19.8 Å². The molecule has 10 heteroatoms. The monoisotopic (exact) mass is 451 g/mol. The lowest BCUT2D eigenvalue weighted by atomic mass is 9.85. The van der Waals surface area contributed by atoms with Gasteiger partial charge in [0.25, 0.3) is 0 Å². The van der Waals surface area contributed by atoms with Gasteiger partial charge in [0, 0.05) is 58.0 Å². The van der Waals surface area contributed by atoms with Crippen LogP contribution in [0.5, 0.6) is 0 Å². The van der Waals surface area contributed by atoms with Crippen LogP contribution in [0.15, 0.2) is 29.4 Å². The lowest BCUT2D eigenvalue weighted by Gasteiger charge is -2.36. The third-order valence-electron chi connectivity index (χ3n) is 5.67. The Labute approximate surface area is 189 Å². The Kier molecular flexibility index (Phi) is 7.64. The largest absolute Gasteiger partial charge is 0.499 e. The Morgan fingerprint density at radius 2 is 2.03 bits per heavy atom. The fourth-order valence-corrected chi connectivity index (χ4v) is 4.04. The van der Waals surface area contributed by atoms with Gasteiger partial charge < -0.3 is 35.6 Å². The fourth-order valence-electron chi connectivity index (χ4n) is 3.83. The molecule has 1 aliphatic carbocycles. The molecule has 1 saturated heterocycles. The van der Waals surface area contributed by atoms with Crippen LogP contribution in [0.3, 0.4) is 0 Å². The van der Waals surface area contributed by atoms with Gasteiger partial charge in [0.2, 0.25) is 0 Å². The van der Waals surface area contributed by atoms with Crippen molar-refractivity contribution in [2.75, 3.05) is 72.5 Å². The summed E-state index contributed by atoms with van der Waals surface area (Å²) in [5.41, 5.74) is 13.8. The first-order chi connectivity index (χ1) is 14.8. The molecule has 1 aromatic rings. The predicted molar refractivity (Wildman–Crippen MR) is 123 cm³/mol. The van der Waals surface area contributed by atoms with Crippen molar-refractivity contribution < 1.29 is 9.47 Å². The molecule has 0 saturated carbocycles. The Morgan fingerprint density at radius 3 is 2.74 bits per heavy atom. The smallest absolute Gasteiger partial charge is 0.158 e. The van der Waals surface area contributed by atoms with E-state index >= 15 is 0 Å². The molecule has 172 valence electrons. The molecule has 4 N–H and O–H groups in total. The van der Waals surface area contributed by atoms with Gasteiger partial charge in [-0.05, 0) is 20.5 Å². The van der Waals surface area contributed by atoms with Gasteiger partial charge in [-0.3, -0.25) is 0 Å². The van der Waals surface area contributed by atoms with Crippen molar-refractivity contribution in [3.05, 3.63) is 40.3 Å². The van der Waals surface area contributed by atoms with Crippen molar-refractivity contribution in [3.8, 4) is 0 Å². The van der Waals surface area contributed by atoms with Crippen LogP contribution in [0.25, 0.3) is 0 Å². The number of anilines is 1. The average Bonchev–Trinajstić information content (AvgIpc) is 3.01. The summed E-state index contributed by atoms with van der Waals surface area (Å²) in [5.74, 6) is 1.66. The zero-order chi connectivity index (χ0) is 22.6. The normalized spacial score (nSPS) is 22.4. The van der Waals surface area contributed by atoms with Crippen LogP contribution < -0.4 is 16.4 Å². The van der Waals surface area contributed by atoms with E-state index in [2.05, 4.69) is 19.7 Å². The molecular weight excluding hydrogens is 418 g/mol. The van der Waals surface area contributed by atoms with E-state index in [1.54, 1.807) is 13.3 Å². The second-order valence-corrected chi connectivity index (χ2v) is 8.72. The van der Waals surface area contributed by atoms with Crippen molar-refractivity contribution in [1.29, 1.82) is 0 Å². The van der Waals surface area contributed by atoms with E-state index < -0.39 is 5.54 Å². The molecule has 1 unspecified atom stereocenters. The Hall–Kier alpha value is -2.07. The lowest BCUT2D eigenvalue weighted by molar-refractivity contribution is 0.152. The minimum absolute atomic E-state index is 0.346. The summed E-state index contributed by atoms with van der Waals surface area (Å²) in [6.45, 7) is 4.61. The van der Waals surface area contributed by atoms with Crippen molar-refractivity contribution in [3.63, 3.8) is 0 Å². The third kappa shape index (κ3) is 5.23. The van der Waals surface area contributed by atoms with E-state index in [1.807, 2.05) is 27.2 Å². The molecule has 0 amide bonds. The number of hydrogen-bond acceptors (Lipinski definition) is 9. The number of allylic oxidation sites excluding steroid dienone is 1. The van der Waals surface area contributed by atoms with Crippen LogP contribution >= 0.6 is 11.6 Å². The minimum atomic E-state index is -1.08. The van der Waals surface area contributed by atoms with Gasteiger partial charge in [-0.1, -0.05) is 11.6 Å². The molecular formula is C21H34ClN7O2. The Bertz CT molecular complexity index is 837. The fraction of sp³-hybridized carbons (Fsp3) is 0.619. The first-order valence-corrected chi connectivity index (χ1v) is 10.9. The van der Waals surface area contributed by atoms with Crippen LogP contribution in [-0.4, -0.2) is 87.4 Å². The van der Waals surface area contributed by atoms with Crippen LogP contribution in [0, 0.1) is 0 Å². The maximum Gasteiger partial charge on any atom is 0.158 e. The summed E-state index contributed by atoms with van der Waals surface area (Å²) in [6.07, 6.45) is 4.75. The number of methoxy groups -OCH3 is 1. The zero-order valence-electron chi connectivity index (χ0n) is 18.9. The van der Waals surface area contributed by atoms with Crippen molar-refractivity contribution in [2.45, 2.75) is 18.4 Å². The molecule has 1 atom stereocenters. The molecule has 1 aromatic heterocycles. The average molecular weight is 452 g/mol. The zero-order valence-corrected chi connectivity index (χ0v) is 19.7. The summed E-state index contributed by atoms with van der Waals surface area (Å²) >= 11 is 6.45. The van der Waals surface area contributed by atoms with Crippen LogP contribution in [-0.2, 0) is 15.0 Å². The van der Waals surface area contributed by atoms with Gasteiger partial charge in [0.15, 0.2) is 11.6 Å². The van der Waals surface area contributed by atoms with E-state index in [4.69, 9.17) is 37.5 Å². The summed E-state index contributed by atoms with van der Waals surface area (Å²) in [6, 6.07) is 0. The van der Waals surface area contributed by atoms with E-state index in [1.165, 1.54) is 0 Å². The molecule has 0 radical (unpaired) electrons. The van der Waals surface area contributed by atoms with Crippen LogP contribution in [0.2, 0.25) is 5.02 Å². The molecule has 2 aliphatic rings. The minimum Gasteiger partial charge on any atom is -0.499 e. The Morgan fingerprint density at radius 1 is 1.26 bits per heavy atom. The number of hydrogen-bond donors (Lipinski definition) is 2. The molecule has 9 nitrogen and oxygen atoms in total. The highest BCUT2D eigenvalue weighted by Gasteiger charge is 2.41. The summed E-state index contributed by atoms with van der Waals surface area (Å²) < 4.78 is 11.3. The van der Waals surface area contributed by atoms with E-state index in [0.29, 0.717) is 47.7 Å². The highest BCUT2D eigenvalue weighted by Crippen LogP contribution is 2.38. The number of nitrogens with zero attached hydrogens (tertiary/aromatic N) is 5. The van der Waals surface area contributed by atoms with Gasteiger partial charge in [-0.25, -0.2) is 9.97 Å². The van der Waals surface area contributed by atoms with Gasteiger partial charge in [-0.15, -0.1) is 0 Å². The first kappa shape index (κ1) is 23.6. The molecule has 0 aromatic carbocycles. The molecule has 0 bridgehead atoms. The molecule has 3 rings (SSSR count). The van der Waals surface area contributed by atoms with Gasteiger partial charge in [0.1, 0.15) is 16.3 Å². The van der Waals surface area contributed by atoms with Gasteiger partial charge >= 0.3 is 0 Å². The summed E-state index contributed by atoms with van der Waals surface area (Å²) in [5, 5.41) is 0.487. The summed E-state index contributed by atoms with van der Waals surface area (Å²) in [4.78, 5) is 15.6. The number of ether oxygens (including phenoxy) is 2. The molecule has 0 spiro atoms. The third-order valence-corrected chi connectivity index (χ3v) is 5.93. The first-order valence-electron chi connectivity index (χ1n) is 10.5. The standard InChI is InChI=1S/C21H34ClN7O2/c1-27(2)7-8-28(3)17-12-18(30-4)21(24,13-16(17)23)20-25-14-15(22)19(26-20)29-6-5-10-31-11-9-29/h12,14H,5-11,13,23-24H2,1-4H3. The van der Waals surface area contributed by atoms with Crippen LogP contribution in [0.4, 0.5) is 5.82 Å². The highest BCUT2D eigenvalue weighted by molar-refractivity contribution is 6.32. The van der Waals surface area contributed by atoms with E-state index in [0.717, 1.165) is 38.4 Å². The SMILES string of the molecule is COC1=CC(N(C)CCN(C)C)=C(N)CC1(N)c1ncc(Cl)c(N2CCCOCC2)n1. The molecule has 1 fully saturated rings. The lowest BCUT2D eigenvalue weighted by Crippen LogP contribution is -2.46. The van der Waals surface area contributed by atoms with Gasteiger partial charge in [-0.2, -0.15) is 0 Å². The highest BCUT2D eigenvalue weighted by atomic mass is 35.5. The maximum absolute atomic E-state index is 6.84. The maximum atomic E-state index is 6.84. The van der Waals surface area contributed by atoms with Crippen molar-refractivity contribution in [2.24, 2.45) is 11.5 Å². The molecule has 31 heavy (non-hydrogen) atoms. The number of nitrogens with two attached hydrogens (primary N) is 2. The number of halogens is 1. The number of rotatable bonds is 7. The number of likely N-dealkylation sites (N-methyl/N-ethyl adjacent to an activating group) is 2. The van der Waals surface area contributed by atoms with E-state index in [-0.39, 0.29) is 0 Å². The second-order valence-electron chi connectivity index (χ2n) is 8.31. The Balaban J connectivity index is 1.92. The van der Waals surface area contributed by atoms with Crippen molar-refractivity contribution >= 4 is 17.4 Å². The van der Waals surface area contributed by atoms with Gasteiger partial charge in [0.05, 0.1) is 25.6 Å². The number of aromatic nitrogens is 2.